The van der Waals surface area contributed by atoms with Crippen molar-refractivity contribution in [2.45, 2.75) is 231 Å². The Morgan fingerprint density at radius 3 is 1.30 bits per heavy atom. The number of phosphoric ester groups is 1. The number of aliphatic carboxylic acids is 1. The van der Waals surface area contributed by atoms with Crippen molar-refractivity contribution in [1.29, 1.82) is 0 Å². The number of carbonyl (C=O) groups is 3. The average Bonchev–Trinajstić information content (AvgIpc) is 3.17. The molecule has 0 aromatic rings. The molecule has 12 heteroatoms. The topological polar surface area (TPSA) is 172 Å². The molecule has 0 aliphatic carbocycles. The third kappa shape index (κ3) is 39.1. The van der Waals surface area contributed by atoms with Crippen molar-refractivity contribution in [2.24, 2.45) is 5.73 Å². The Hall–Kier alpha value is -1.78. The standard InChI is InChI=1S/C44H84NO10P/c1-3-5-7-9-11-13-15-17-18-19-20-21-22-24-26-28-30-32-34-36-43(47)55-40(38-53-56(50,51)54-39-41(45)44(48)49)37-52-42(46)35-33-31-29-27-25-23-16-14-12-10-8-6-4-2/h17-18,40-41H,3-16,19-39,45H2,1-2H3,(H,48,49)(H,50,51)/b18-17-. The van der Waals surface area contributed by atoms with Gasteiger partial charge in [0.2, 0.25) is 0 Å². The van der Waals surface area contributed by atoms with Crippen LogP contribution in [0.2, 0.25) is 0 Å². The molecule has 0 heterocycles. The first-order chi connectivity index (χ1) is 27.1. The van der Waals surface area contributed by atoms with Gasteiger partial charge in [-0.25, -0.2) is 4.57 Å². The predicted octanol–water partition coefficient (Wildman–Crippen LogP) is 12.1. The Morgan fingerprint density at radius 2 is 0.893 bits per heavy atom. The van der Waals surface area contributed by atoms with Crippen molar-refractivity contribution in [2.75, 3.05) is 19.8 Å². The van der Waals surface area contributed by atoms with Crippen molar-refractivity contribution in [1.82, 2.24) is 0 Å². The molecular formula is C44H84NO10P. The van der Waals surface area contributed by atoms with E-state index in [1.165, 1.54) is 141 Å². The average molecular weight is 818 g/mol. The van der Waals surface area contributed by atoms with Crippen LogP contribution in [-0.4, -0.2) is 59.9 Å². The molecule has 0 fully saturated rings. The quantitative estimate of drug-likeness (QED) is 0.0231. The zero-order valence-electron chi connectivity index (χ0n) is 35.7. The number of carboxylic acid groups (broad SMARTS) is 1. The number of carbonyl (C=O) groups excluding carboxylic acids is 2. The summed E-state index contributed by atoms with van der Waals surface area (Å²) in [5, 5.41) is 8.89. The SMILES string of the molecule is CCCCCCCC/C=C\CCCCCCCCCCCC(=O)OC(COC(=O)CCCCCCCCCCCCCCC)COP(=O)(O)OCC(N)C(=O)O. The molecule has 3 unspecified atom stereocenters. The summed E-state index contributed by atoms with van der Waals surface area (Å²) >= 11 is 0. The van der Waals surface area contributed by atoms with E-state index in [4.69, 9.17) is 24.8 Å². The van der Waals surface area contributed by atoms with Gasteiger partial charge >= 0.3 is 25.7 Å². The highest BCUT2D eigenvalue weighted by atomic mass is 31.2. The fraction of sp³-hybridized carbons (Fsp3) is 0.886. The molecule has 56 heavy (non-hydrogen) atoms. The van der Waals surface area contributed by atoms with Crippen LogP contribution in [0.5, 0.6) is 0 Å². The summed E-state index contributed by atoms with van der Waals surface area (Å²) in [7, 11) is -4.71. The molecule has 0 radical (unpaired) electrons. The number of carboxylic acids is 1. The van der Waals surface area contributed by atoms with Crippen molar-refractivity contribution in [3.63, 3.8) is 0 Å². The normalized spacial score (nSPS) is 13.8. The van der Waals surface area contributed by atoms with Crippen LogP contribution in [-0.2, 0) is 37.5 Å². The number of rotatable bonds is 43. The second kappa shape index (κ2) is 40.0. The zero-order chi connectivity index (χ0) is 41.4. The monoisotopic (exact) mass is 818 g/mol. The van der Waals surface area contributed by atoms with Gasteiger partial charge in [0.05, 0.1) is 13.2 Å². The van der Waals surface area contributed by atoms with Crippen LogP contribution in [0.4, 0.5) is 0 Å². The minimum absolute atomic E-state index is 0.163. The van der Waals surface area contributed by atoms with E-state index in [0.29, 0.717) is 12.8 Å². The second-order valence-corrected chi connectivity index (χ2v) is 17.0. The van der Waals surface area contributed by atoms with Crippen molar-refractivity contribution < 1.29 is 47.5 Å². The highest BCUT2D eigenvalue weighted by molar-refractivity contribution is 7.47. The van der Waals surface area contributed by atoms with Gasteiger partial charge in [0.25, 0.3) is 0 Å². The third-order valence-electron chi connectivity index (χ3n) is 10.0. The van der Waals surface area contributed by atoms with E-state index in [2.05, 4.69) is 30.5 Å². The lowest BCUT2D eigenvalue weighted by Crippen LogP contribution is -2.34. The largest absolute Gasteiger partial charge is 0.480 e. The third-order valence-corrected chi connectivity index (χ3v) is 11.0. The van der Waals surface area contributed by atoms with Gasteiger partial charge in [0, 0.05) is 12.8 Å². The number of hydrogen-bond acceptors (Lipinski definition) is 9. The first kappa shape index (κ1) is 54.2. The molecule has 0 aromatic carbocycles. The summed E-state index contributed by atoms with van der Waals surface area (Å²) in [5.41, 5.74) is 5.34. The summed E-state index contributed by atoms with van der Waals surface area (Å²) in [5.74, 6) is -2.37. The number of phosphoric acid groups is 1. The molecule has 4 N–H and O–H groups in total. The van der Waals surface area contributed by atoms with Gasteiger partial charge in [-0.3, -0.25) is 23.4 Å². The van der Waals surface area contributed by atoms with Gasteiger partial charge in [0.1, 0.15) is 12.6 Å². The molecule has 0 aliphatic heterocycles. The van der Waals surface area contributed by atoms with E-state index >= 15 is 0 Å². The van der Waals surface area contributed by atoms with E-state index in [1.807, 2.05) is 0 Å². The second-order valence-electron chi connectivity index (χ2n) is 15.5. The number of unbranched alkanes of at least 4 members (excludes halogenated alkanes) is 27. The molecule has 0 saturated carbocycles. The van der Waals surface area contributed by atoms with Gasteiger partial charge in [-0.2, -0.15) is 0 Å². The molecule has 0 bridgehead atoms. The fourth-order valence-corrected chi connectivity index (χ4v) is 7.19. The summed E-state index contributed by atoms with van der Waals surface area (Å²) in [6, 6.07) is -1.52. The van der Waals surface area contributed by atoms with Gasteiger partial charge in [-0.05, 0) is 38.5 Å². The van der Waals surface area contributed by atoms with Crippen LogP contribution in [0, 0.1) is 0 Å². The molecule has 0 aliphatic rings. The Bertz CT molecular complexity index is 1010. The van der Waals surface area contributed by atoms with Gasteiger partial charge in [-0.1, -0.05) is 180 Å². The number of esters is 2. The Labute approximate surface area is 341 Å². The summed E-state index contributed by atoms with van der Waals surface area (Å²) in [4.78, 5) is 46.0. The molecule has 0 rings (SSSR count). The highest BCUT2D eigenvalue weighted by Crippen LogP contribution is 2.43. The molecule has 0 aromatic heterocycles. The smallest absolute Gasteiger partial charge is 0.472 e. The van der Waals surface area contributed by atoms with Crippen LogP contribution in [0.25, 0.3) is 0 Å². The maximum absolute atomic E-state index is 12.6. The van der Waals surface area contributed by atoms with Crippen LogP contribution < -0.4 is 5.73 Å². The van der Waals surface area contributed by atoms with E-state index < -0.39 is 51.1 Å². The molecule has 0 spiro atoms. The zero-order valence-corrected chi connectivity index (χ0v) is 36.6. The Morgan fingerprint density at radius 1 is 0.536 bits per heavy atom. The molecule has 0 saturated heterocycles. The minimum Gasteiger partial charge on any atom is -0.480 e. The highest BCUT2D eigenvalue weighted by Gasteiger charge is 2.28. The number of hydrogen-bond donors (Lipinski definition) is 3. The lowest BCUT2D eigenvalue weighted by Gasteiger charge is -2.20. The van der Waals surface area contributed by atoms with E-state index in [0.717, 1.165) is 38.5 Å². The number of nitrogens with two attached hydrogens (primary N) is 1. The number of allylic oxidation sites excluding steroid dienone is 2. The van der Waals surface area contributed by atoms with Gasteiger partial charge in [0.15, 0.2) is 6.10 Å². The maximum Gasteiger partial charge on any atom is 0.472 e. The predicted molar refractivity (Wildman–Crippen MR) is 226 cm³/mol. The Kier molecular flexibility index (Phi) is 38.7. The number of ether oxygens (including phenoxy) is 2. The summed E-state index contributed by atoms with van der Waals surface area (Å²) in [6.45, 7) is 2.82. The minimum atomic E-state index is -4.71. The lowest BCUT2D eigenvalue weighted by molar-refractivity contribution is -0.161. The molecule has 11 nitrogen and oxygen atoms in total. The van der Waals surface area contributed by atoms with Crippen LogP contribution in [0.3, 0.4) is 0 Å². The molecular weight excluding hydrogens is 733 g/mol. The molecule has 3 atom stereocenters. The molecule has 0 amide bonds. The summed E-state index contributed by atoms with van der Waals surface area (Å²) in [6.07, 6.45) is 39.8. The van der Waals surface area contributed by atoms with E-state index in [9.17, 15) is 23.8 Å². The van der Waals surface area contributed by atoms with E-state index in [1.54, 1.807) is 0 Å². The first-order valence-corrected chi connectivity index (χ1v) is 24.2. The lowest BCUT2D eigenvalue weighted by atomic mass is 10.0. The van der Waals surface area contributed by atoms with Crippen LogP contribution >= 0.6 is 7.82 Å². The van der Waals surface area contributed by atoms with Gasteiger partial charge in [-0.15, -0.1) is 0 Å². The summed E-state index contributed by atoms with van der Waals surface area (Å²) < 4.78 is 32.7. The van der Waals surface area contributed by atoms with Crippen LogP contribution in [0.15, 0.2) is 12.2 Å². The first-order valence-electron chi connectivity index (χ1n) is 22.7. The van der Waals surface area contributed by atoms with Gasteiger partial charge < -0.3 is 25.2 Å². The maximum atomic E-state index is 12.6. The van der Waals surface area contributed by atoms with Crippen molar-refractivity contribution in [3.05, 3.63) is 12.2 Å². The molecule has 330 valence electrons. The van der Waals surface area contributed by atoms with Crippen LogP contribution in [0.1, 0.15) is 219 Å². The van der Waals surface area contributed by atoms with E-state index in [-0.39, 0.29) is 19.4 Å². The Balaban J connectivity index is 4.29. The van der Waals surface area contributed by atoms with Crippen molar-refractivity contribution in [3.8, 4) is 0 Å². The fourth-order valence-electron chi connectivity index (χ4n) is 6.41. The van der Waals surface area contributed by atoms with Crippen molar-refractivity contribution >= 4 is 25.7 Å².